The van der Waals surface area contributed by atoms with Gasteiger partial charge in [-0.05, 0) is 48.9 Å². The second-order valence-corrected chi connectivity index (χ2v) is 10.1. The SMILES string of the molecule is C=CCNc1c(C(N)=O)c(N)nn1C.CCc1cc2cccc(C#Cc3ncsc3C)c2c(=O)n1-c1ccccc1. The topological polar surface area (TPSA) is 134 Å². The van der Waals surface area contributed by atoms with Gasteiger partial charge in [-0.2, -0.15) is 5.10 Å². The Kier molecular flexibility index (Phi) is 9.02. The highest BCUT2D eigenvalue weighted by Crippen LogP contribution is 2.21. The molecule has 3 aromatic heterocycles. The van der Waals surface area contributed by atoms with Crippen LogP contribution in [0.4, 0.5) is 11.6 Å². The number of rotatable bonds is 6. The van der Waals surface area contributed by atoms with Crippen molar-refractivity contribution in [2.45, 2.75) is 20.3 Å². The molecule has 0 radical (unpaired) electrons. The van der Waals surface area contributed by atoms with Crippen molar-refractivity contribution < 1.29 is 4.79 Å². The highest BCUT2D eigenvalue weighted by Gasteiger charge is 2.18. The number of anilines is 2. The fourth-order valence-corrected chi connectivity index (χ4v) is 4.88. The van der Waals surface area contributed by atoms with Gasteiger partial charge < -0.3 is 16.8 Å². The molecule has 9 nitrogen and oxygen atoms in total. The molecule has 10 heteroatoms. The van der Waals surface area contributed by atoms with Gasteiger partial charge in [0.2, 0.25) is 0 Å². The number of fused-ring (bicyclic) bond motifs is 1. The first-order chi connectivity index (χ1) is 19.8. The van der Waals surface area contributed by atoms with Crippen LogP contribution in [0.25, 0.3) is 16.5 Å². The zero-order valence-corrected chi connectivity index (χ0v) is 24.0. The monoisotopic (exact) mass is 565 g/mol. The van der Waals surface area contributed by atoms with Crippen LogP contribution in [-0.4, -0.2) is 31.8 Å². The summed E-state index contributed by atoms with van der Waals surface area (Å²) >= 11 is 1.57. The van der Waals surface area contributed by atoms with Crippen LogP contribution >= 0.6 is 11.3 Å². The van der Waals surface area contributed by atoms with Gasteiger partial charge >= 0.3 is 0 Å². The van der Waals surface area contributed by atoms with E-state index in [1.54, 1.807) is 34.5 Å². The molecule has 0 saturated carbocycles. The zero-order valence-electron chi connectivity index (χ0n) is 23.1. The summed E-state index contributed by atoms with van der Waals surface area (Å²) in [6.45, 7) is 8.13. The van der Waals surface area contributed by atoms with E-state index in [1.807, 2.05) is 55.5 Å². The summed E-state index contributed by atoms with van der Waals surface area (Å²) in [4.78, 5) is 29.9. The summed E-state index contributed by atoms with van der Waals surface area (Å²) in [5.74, 6) is 6.33. The number of carbonyl (C=O) groups is 1. The van der Waals surface area contributed by atoms with E-state index in [1.165, 1.54) is 4.68 Å². The largest absolute Gasteiger partial charge is 0.381 e. The fraction of sp³-hybridized carbons (Fsp3) is 0.161. The highest BCUT2D eigenvalue weighted by molar-refractivity contribution is 7.09. The van der Waals surface area contributed by atoms with E-state index in [9.17, 15) is 9.59 Å². The molecule has 0 saturated heterocycles. The third-order valence-electron chi connectivity index (χ3n) is 6.29. The Hall–Kier alpha value is -5.14. The van der Waals surface area contributed by atoms with Crippen LogP contribution in [0.3, 0.4) is 0 Å². The summed E-state index contributed by atoms with van der Waals surface area (Å²) in [7, 11) is 1.67. The molecular weight excluding hydrogens is 534 g/mol. The van der Waals surface area contributed by atoms with Gasteiger partial charge in [-0.15, -0.1) is 17.9 Å². The van der Waals surface area contributed by atoms with Gasteiger partial charge in [0.1, 0.15) is 17.1 Å². The first-order valence-corrected chi connectivity index (χ1v) is 13.8. The lowest BCUT2D eigenvalue weighted by atomic mass is 10.0. The third-order valence-corrected chi connectivity index (χ3v) is 7.05. The number of para-hydroxylation sites is 1. The number of hydrogen-bond donors (Lipinski definition) is 3. The second-order valence-electron chi connectivity index (χ2n) is 9.01. The van der Waals surface area contributed by atoms with E-state index in [0.717, 1.165) is 39.3 Å². The van der Waals surface area contributed by atoms with Crippen molar-refractivity contribution in [3.05, 3.63) is 111 Å². The van der Waals surface area contributed by atoms with Gasteiger partial charge in [-0.3, -0.25) is 18.8 Å². The number of carbonyl (C=O) groups excluding carboxylic acids is 1. The van der Waals surface area contributed by atoms with Crippen molar-refractivity contribution >= 4 is 39.7 Å². The Balaban J connectivity index is 0.000000234. The van der Waals surface area contributed by atoms with E-state index in [2.05, 4.69) is 46.8 Å². The maximum atomic E-state index is 13.4. The van der Waals surface area contributed by atoms with Crippen molar-refractivity contribution in [1.82, 2.24) is 19.3 Å². The average Bonchev–Trinajstić information content (AvgIpc) is 3.51. The molecule has 0 unspecified atom stereocenters. The number of thiazole rings is 1. The van der Waals surface area contributed by atoms with Crippen molar-refractivity contribution in [1.29, 1.82) is 0 Å². The van der Waals surface area contributed by atoms with Crippen LogP contribution in [0.15, 0.2) is 77.6 Å². The molecule has 0 aliphatic heterocycles. The van der Waals surface area contributed by atoms with Gasteiger partial charge in [-0.25, -0.2) is 4.98 Å². The van der Waals surface area contributed by atoms with Gasteiger partial charge in [0.15, 0.2) is 5.82 Å². The zero-order chi connectivity index (χ0) is 29.5. The van der Waals surface area contributed by atoms with Crippen molar-refractivity contribution in [3.8, 4) is 17.5 Å². The van der Waals surface area contributed by atoms with Crippen molar-refractivity contribution in [2.75, 3.05) is 17.6 Å². The quantitative estimate of drug-likeness (QED) is 0.206. The summed E-state index contributed by atoms with van der Waals surface area (Å²) in [5, 5.41) is 8.39. The number of pyridine rings is 1. The molecule has 5 rings (SSSR count). The third kappa shape index (κ3) is 6.21. The summed E-state index contributed by atoms with van der Waals surface area (Å²) in [6.07, 6.45) is 2.43. The van der Waals surface area contributed by atoms with Crippen molar-refractivity contribution in [3.63, 3.8) is 0 Å². The normalized spacial score (nSPS) is 10.3. The molecule has 0 fully saturated rings. The molecule has 2 aromatic carbocycles. The van der Waals surface area contributed by atoms with Crippen LogP contribution in [0.1, 0.15) is 39.1 Å². The van der Waals surface area contributed by atoms with Crippen LogP contribution in [0.2, 0.25) is 0 Å². The van der Waals surface area contributed by atoms with Crippen molar-refractivity contribution in [2.24, 2.45) is 12.8 Å². The standard InChI is InChI=1S/C23H18N2OS.C8H13N5O/c1-3-19-14-18-9-7-8-17(12-13-21-16(2)27-15-24-21)22(18)23(26)25(19)20-10-5-4-6-11-20;1-3-4-11-8-5(7(10)14)6(9)12-13(8)2/h4-11,14-15H,3H2,1-2H3;3,11H,1,4H2,2H3,(H2,9,12)(H2,10,14). The molecule has 0 bridgehead atoms. The lowest BCUT2D eigenvalue weighted by Gasteiger charge is -2.14. The highest BCUT2D eigenvalue weighted by atomic mass is 32.1. The maximum Gasteiger partial charge on any atom is 0.264 e. The minimum atomic E-state index is -0.595. The van der Waals surface area contributed by atoms with Gasteiger partial charge in [-0.1, -0.05) is 49.3 Å². The van der Waals surface area contributed by atoms with Gasteiger partial charge in [0.25, 0.3) is 11.5 Å². The molecule has 0 aliphatic carbocycles. The number of benzene rings is 2. The van der Waals surface area contributed by atoms with E-state index < -0.39 is 5.91 Å². The molecule has 0 atom stereocenters. The number of hydrogen-bond acceptors (Lipinski definition) is 7. The molecule has 1 amide bonds. The molecule has 5 N–H and O–H groups in total. The summed E-state index contributed by atoms with van der Waals surface area (Å²) in [6, 6.07) is 17.7. The fourth-order valence-electron chi connectivity index (χ4n) is 4.35. The van der Waals surface area contributed by atoms with Gasteiger partial charge in [0, 0.05) is 35.4 Å². The maximum absolute atomic E-state index is 13.4. The Bertz CT molecular complexity index is 1840. The van der Waals surface area contributed by atoms with E-state index in [-0.39, 0.29) is 16.9 Å². The predicted octanol–water partition coefficient (Wildman–Crippen LogP) is 4.42. The minimum Gasteiger partial charge on any atom is -0.381 e. The Morgan fingerprint density at radius 3 is 2.56 bits per heavy atom. The Labute approximate surface area is 242 Å². The van der Waals surface area contributed by atoms with Crippen LogP contribution in [0, 0.1) is 18.8 Å². The van der Waals surface area contributed by atoms with Crippen LogP contribution < -0.4 is 22.3 Å². The molecule has 208 valence electrons. The van der Waals surface area contributed by atoms with E-state index in [4.69, 9.17) is 11.5 Å². The smallest absolute Gasteiger partial charge is 0.264 e. The molecule has 0 aliphatic rings. The Morgan fingerprint density at radius 2 is 1.93 bits per heavy atom. The first kappa shape index (κ1) is 28.9. The number of aryl methyl sites for hydroxylation is 3. The van der Waals surface area contributed by atoms with E-state index in [0.29, 0.717) is 17.7 Å². The lowest BCUT2D eigenvalue weighted by Crippen LogP contribution is -2.22. The average molecular weight is 566 g/mol. The lowest BCUT2D eigenvalue weighted by molar-refractivity contribution is 0.100. The number of nitrogens with zero attached hydrogens (tertiary/aromatic N) is 4. The number of nitrogens with two attached hydrogens (primary N) is 2. The number of aromatic nitrogens is 4. The summed E-state index contributed by atoms with van der Waals surface area (Å²) in [5.41, 5.74) is 16.0. The van der Waals surface area contributed by atoms with Gasteiger partial charge in [0.05, 0.1) is 10.9 Å². The summed E-state index contributed by atoms with van der Waals surface area (Å²) < 4.78 is 3.26. The Morgan fingerprint density at radius 1 is 1.17 bits per heavy atom. The number of primary amides is 1. The molecule has 5 aromatic rings. The second kappa shape index (κ2) is 12.8. The number of amides is 1. The van der Waals surface area contributed by atoms with E-state index >= 15 is 0 Å². The van der Waals surface area contributed by atoms with Crippen LogP contribution in [0.5, 0.6) is 0 Å². The predicted molar refractivity (Wildman–Crippen MR) is 167 cm³/mol. The molecular formula is C31H31N7O2S. The number of nitrogens with one attached hydrogen (secondary N) is 1. The van der Waals surface area contributed by atoms with Crippen LogP contribution in [-0.2, 0) is 13.5 Å². The number of nitrogen functional groups attached to an aromatic ring is 1. The first-order valence-electron chi connectivity index (χ1n) is 12.9. The molecule has 0 spiro atoms. The molecule has 41 heavy (non-hydrogen) atoms. The molecule has 3 heterocycles. The minimum absolute atomic E-state index is 0.0320.